The average Bonchev–Trinajstić information content (AvgIpc) is 2.67. The van der Waals surface area contributed by atoms with Crippen molar-refractivity contribution < 1.29 is 9.90 Å². The number of H-pyrrole nitrogens is 1. The number of carboxylic acid groups (broad SMARTS) is 1. The number of carboxylic acids is 1. The predicted molar refractivity (Wildman–Crippen MR) is 75.0 cm³/mol. The monoisotopic (exact) mass is 311 g/mol. The van der Waals surface area contributed by atoms with E-state index in [-0.39, 0.29) is 11.3 Å². The minimum atomic E-state index is -1.20. The van der Waals surface area contributed by atoms with E-state index in [0.717, 1.165) is 0 Å². The van der Waals surface area contributed by atoms with Gasteiger partial charge in [-0.3, -0.25) is 9.20 Å². The largest absolute Gasteiger partial charge is 0.476 e. The molecular formula is C12H7Cl2N3O3. The smallest absolute Gasteiger partial charge is 0.356 e. The number of fused-ring (bicyclic) bond motifs is 3. The number of nitrogens with one attached hydrogen (secondary N) is 1. The molecule has 102 valence electrons. The molecule has 0 amide bonds. The third-order valence-corrected chi connectivity index (χ3v) is 3.52. The Kier molecular flexibility index (Phi) is 2.74. The first-order valence-electron chi connectivity index (χ1n) is 5.53. The van der Waals surface area contributed by atoms with Crippen LogP contribution in [0.2, 0.25) is 10.0 Å². The minimum absolute atomic E-state index is 0.0170. The van der Waals surface area contributed by atoms with E-state index in [0.29, 0.717) is 26.8 Å². The molecule has 20 heavy (non-hydrogen) atoms. The Morgan fingerprint density at radius 1 is 1.40 bits per heavy atom. The van der Waals surface area contributed by atoms with Gasteiger partial charge in [0, 0.05) is 5.02 Å². The van der Waals surface area contributed by atoms with Gasteiger partial charge in [-0.05, 0) is 19.1 Å². The van der Waals surface area contributed by atoms with Crippen molar-refractivity contribution in [1.29, 1.82) is 0 Å². The number of rotatable bonds is 1. The molecule has 2 aromatic heterocycles. The summed E-state index contributed by atoms with van der Waals surface area (Å²) < 4.78 is 1.43. The molecule has 3 aromatic rings. The number of nitrogens with zero attached hydrogens (tertiary/aromatic N) is 2. The van der Waals surface area contributed by atoms with Crippen LogP contribution in [0.4, 0.5) is 0 Å². The summed E-state index contributed by atoms with van der Waals surface area (Å²) in [7, 11) is 0. The summed E-state index contributed by atoms with van der Waals surface area (Å²) in [4.78, 5) is 29.6. The lowest BCUT2D eigenvalue weighted by Crippen LogP contribution is -2.11. The van der Waals surface area contributed by atoms with Crippen LogP contribution in [0.25, 0.3) is 16.7 Å². The van der Waals surface area contributed by atoms with Crippen LogP contribution in [0, 0.1) is 6.92 Å². The molecule has 0 unspecified atom stereocenters. The second kappa shape index (κ2) is 4.22. The zero-order valence-electron chi connectivity index (χ0n) is 10.1. The van der Waals surface area contributed by atoms with E-state index >= 15 is 0 Å². The van der Waals surface area contributed by atoms with Gasteiger partial charge in [-0.1, -0.05) is 23.2 Å². The molecular weight excluding hydrogens is 305 g/mol. The van der Waals surface area contributed by atoms with E-state index in [9.17, 15) is 9.59 Å². The highest BCUT2D eigenvalue weighted by molar-refractivity contribution is 6.38. The summed E-state index contributed by atoms with van der Waals surface area (Å²) in [6, 6.07) is 3.06. The highest BCUT2D eigenvalue weighted by Gasteiger charge is 2.20. The first-order chi connectivity index (χ1) is 9.40. The van der Waals surface area contributed by atoms with Crippen molar-refractivity contribution in [3.63, 3.8) is 0 Å². The highest BCUT2D eigenvalue weighted by atomic mass is 35.5. The average molecular weight is 312 g/mol. The van der Waals surface area contributed by atoms with Crippen LogP contribution < -0.4 is 5.56 Å². The molecule has 0 saturated heterocycles. The van der Waals surface area contributed by atoms with E-state index < -0.39 is 11.5 Å². The fourth-order valence-electron chi connectivity index (χ4n) is 2.20. The second-order valence-corrected chi connectivity index (χ2v) is 5.09. The van der Waals surface area contributed by atoms with Gasteiger partial charge in [0.1, 0.15) is 0 Å². The normalized spacial score (nSPS) is 11.3. The molecule has 0 aliphatic rings. The van der Waals surface area contributed by atoms with Crippen LogP contribution >= 0.6 is 23.2 Å². The zero-order chi connectivity index (χ0) is 14.6. The number of benzene rings is 1. The van der Waals surface area contributed by atoms with E-state index in [1.165, 1.54) is 10.5 Å². The molecule has 1 aromatic carbocycles. The molecule has 2 heterocycles. The van der Waals surface area contributed by atoms with Gasteiger partial charge < -0.3 is 10.1 Å². The Bertz CT molecular complexity index is 943. The quantitative estimate of drug-likeness (QED) is 0.722. The summed E-state index contributed by atoms with van der Waals surface area (Å²) in [5, 5.41) is 9.77. The third kappa shape index (κ3) is 1.69. The maximum atomic E-state index is 12.0. The van der Waals surface area contributed by atoms with Crippen molar-refractivity contribution in [2.24, 2.45) is 0 Å². The molecule has 8 heteroatoms. The lowest BCUT2D eigenvalue weighted by atomic mass is 10.3. The van der Waals surface area contributed by atoms with Gasteiger partial charge in [-0.2, -0.15) is 0 Å². The van der Waals surface area contributed by atoms with Crippen LogP contribution in [0.5, 0.6) is 0 Å². The summed E-state index contributed by atoms with van der Waals surface area (Å²) in [5.74, 6) is -1.20. The number of carbonyl (C=O) groups is 1. The van der Waals surface area contributed by atoms with E-state index in [1.54, 1.807) is 13.0 Å². The maximum Gasteiger partial charge on any atom is 0.356 e. The fourth-order valence-corrected chi connectivity index (χ4v) is 2.77. The van der Waals surface area contributed by atoms with Crippen LogP contribution in [0.1, 0.15) is 16.2 Å². The number of aromatic nitrogens is 3. The second-order valence-electron chi connectivity index (χ2n) is 4.25. The van der Waals surface area contributed by atoms with Crippen LogP contribution in [0.15, 0.2) is 16.9 Å². The predicted octanol–water partition coefficient (Wildman–Crippen LogP) is 2.49. The minimum Gasteiger partial charge on any atom is -0.476 e. The van der Waals surface area contributed by atoms with Crippen LogP contribution in [-0.2, 0) is 0 Å². The number of hydrogen-bond acceptors (Lipinski definition) is 3. The van der Waals surface area contributed by atoms with Gasteiger partial charge in [0.25, 0.3) is 5.56 Å². The molecule has 0 bridgehead atoms. The van der Waals surface area contributed by atoms with Crippen molar-refractivity contribution in [3.8, 4) is 0 Å². The lowest BCUT2D eigenvalue weighted by Gasteiger charge is -2.06. The van der Waals surface area contributed by atoms with E-state index in [4.69, 9.17) is 28.3 Å². The highest BCUT2D eigenvalue weighted by Crippen LogP contribution is 2.27. The Morgan fingerprint density at radius 2 is 2.10 bits per heavy atom. The topological polar surface area (TPSA) is 87.5 Å². The summed E-state index contributed by atoms with van der Waals surface area (Å²) in [6.07, 6.45) is 0. The zero-order valence-corrected chi connectivity index (χ0v) is 11.6. The lowest BCUT2D eigenvalue weighted by molar-refractivity contribution is 0.0690. The van der Waals surface area contributed by atoms with Crippen molar-refractivity contribution in [2.45, 2.75) is 6.92 Å². The standard InChI is InChI=1S/C12H7Cl2N3O3/c1-4-8(12(19)20)16-10-11(18)15-7-3-5(13)2-6(14)9(7)17(4)10/h2-3H,1H3,(H,15,18)(H,19,20). The molecule has 6 nitrogen and oxygen atoms in total. The van der Waals surface area contributed by atoms with Crippen LogP contribution in [-0.4, -0.2) is 25.4 Å². The fraction of sp³-hybridized carbons (Fsp3) is 0.0833. The Balaban J connectivity index is 2.65. The van der Waals surface area contributed by atoms with Gasteiger partial charge in [0.05, 0.1) is 21.7 Å². The molecule has 0 spiro atoms. The molecule has 0 aliphatic heterocycles. The first-order valence-corrected chi connectivity index (χ1v) is 6.29. The Labute approximate surface area is 121 Å². The summed E-state index contributed by atoms with van der Waals surface area (Å²) in [5.41, 5.74) is 0.491. The van der Waals surface area contributed by atoms with Gasteiger partial charge >= 0.3 is 5.97 Å². The Hall–Kier alpha value is -2.05. The number of halogens is 2. The molecule has 2 N–H and O–H groups in total. The van der Waals surface area contributed by atoms with Crippen molar-refractivity contribution in [2.75, 3.05) is 0 Å². The molecule has 0 atom stereocenters. The molecule has 0 fully saturated rings. The number of aromatic carboxylic acids is 1. The Morgan fingerprint density at radius 3 is 2.75 bits per heavy atom. The maximum absolute atomic E-state index is 12.0. The van der Waals surface area contributed by atoms with Crippen molar-refractivity contribution in [1.82, 2.24) is 14.4 Å². The van der Waals surface area contributed by atoms with E-state index in [1.807, 2.05) is 0 Å². The third-order valence-electron chi connectivity index (χ3n) is 3.01. The first kappa shape index (κ1) is 13.0. The molecule has 3 rings (SSSR count). The molecule has 0 radical (unpaired) electrons. The van der Waals surface area contributed by atoms with Crippen LogP contribution in [0.3, 0.4) is 0 Å². The van der Waals surface area contributed by atoms with Crippen molar-refractivity contribution in [3.05, 3.63) is 43.9 Å². The summed E-state index contributed by atoms with van der Waals surface area (Å²) >= 11 is 12.0. The number of hydrogen-bond donors (Lipinski definition) is 2. The van der Waals surface area contributed by atoms with Gasteiger partial charge in [-0.15, -0.1) is 0 Å². The molecule has 0 aliphatic carbocycles. The van der Waals surface area contributed by atoms with Gasteiger partial charge in [0.15, 0.2) is 5.69 Å². The number of aromatic amines is 1. The van der Waals surface area contributed by atoms with E-state index in [2.05, 4.69) is 9.97 Å². The number of imidazole rings is 1. The molecule has 0 saturated carbocycles. The van der Waals surface area contributed by atoms with Gasteiger partial charge in [-0.25, -0.2) is 9.78 Å². The number of aryl methyl sites for hydroxylation is 1. The summed E-state index contributed by atoms with van der Waals surface area (Å²) in [6.45, 7) is 1.56. The SMILES string of the molecule is Cc1c(C(=O)O)nc2c(=O)[nH]c3cc(Cl)cc(Cl)c3n12. The van der Waals surface area contributed by atoms with Crippen molar-refractivity contribution >= 4 is 45.9 Å². The van der Waals surface area contributed by atoms with Gasteiger partial charge in [0.2, 0.25) is 5.65 Å².